The lowest BCUT2D eigenvalue weighted by molar-refractivity contribution is -0.120. The summed E-state index contributed by atoms with van der Waals surface area (Å²) >= 11 is 0. The fourth-order valence-corrected chi connectivity index (χ4v) is 1.63. The third kappa shape index (κ3) is 4.71. The van der Waals surface area contributed by atoms with Crippen molar-refractivity contribution in [3.8, 4) is 11.8 Å². The number of amides is 1. The van der Waals surface area contributed by atoms with Crippen molar-refractivity contribution in [2.24, 2.45) is 11.8 Å². The second-order valence-electron chi connectivity index (χ2n) is 5.35. The minimum absolute atomic E-state index is 0.0100. The third-order valence-electron chi connectivity index (χ3n) is 3.31. The van der Waals surface area contributed by atoms with Gasteiger partial charge >= 0.3 is 0 Å². The summed E-state index contributed by atoms with van der Waals surface area (Å²) in [5.74, 6) is 6.13. The smallest absolute Gasteiger partial charge is 0.227 e. The molecule has 0 saturated heterocycles. The van der Waals surface area contributed by atoms with Crippen LogP contribution in [-0.2, 0) is 4.79 Å². The number of carbonyl (C=O) groups excluding carboxylic acids is 1. The van der Waals surface area contributed by atoms with Gasteiger partial charge in [0.15, 0.2) is 0 Å². The van der Waals surface area contributed by atoms with Crippen LogP contribution in [-0.4, -0.2) is 17.6 Å². The Hall–Kier alpha value is -1.79. The van der Waals surface area contributed by atoms with Crippen LogP contribution < -0.4 is 5.32 Å². The van der Waals surface area contributed by atoms with Crippen molar-refractivity contribution in [1.82, 2.24) is 0 Å². The van der Waals surface area contributed by atoms with E-state index in [1.165, 1.54) is 0 Å². The summed E-state index contributed by atoms with van der Waals surface area (Å²) in [6.45, 7) is 8.01. The van der Waals surface area contributed by atoms with E-state index in [9.17, 15) is 4.79 Å². The molecule has 1 atom stereocenters. The molecule has 0 aromatic heterocycles. The summed E-state index contributed by atoms with van der Waals surface area (Å²) in [5.41, 5.74) is 2.60. The van der Waals surface area contributed by atoms with Crippen LogP contribution in [0.3, 0.4) is 0 Å². The molecule has 1 rings (SSSR count). The highest BCUT2D eigenvalue weighted by Crippen LogP contribution is 2.19. The fourth-order valence-electron chi connectivity index (χ4n) is 1.63. The van der Waals surface area contributed by atoms with Gasteiger partial charge in [-0.15, -0.1) is 0 Å². The Bertz CT molecular complexity index is 524. The number of hydrogen-bond donors (Lipinski definition) is 2. The van der Waals surface area contributed by atoms with Crippen LogP contribution in [0, 0.1) is 30.6 Å². The molecule has 0 radical (unpaired) electrons. The van der Waals surface area contributed by atoms with Gasteiger partial charge in [-0.2, -0.15) is 0 Å². The monoisotopic (exact) mass is 273 g/mol. The molecule has 0 heterocycles. The topological polar surface area (TPSA) is 49.3 Å². The summed E-state index contributed by atoms with van der Waals surface area (Å²) in [4.78, 5) is 12.1. The van der Waals surface area contributed by atoms with Crippen molar-refractivity contribution in [3.05, 3.63) is 29.3 Å². The second-order valence-corrected chi connectivity index (χ2v) is 5.35. The molecule has 0 bridgehead atoms. The molecular weight excluding hydrogens is 250 g/mol. The van der Waals surface area contributed by atoms with Crippen molar-refractivity contribution in [1.29, 1.82) is 0 Å². The van der Waals surface area contributed by atoms with Gasteiger partial charge in [-0.1, -0.05) is 38.7 Å². The lowest BCUT2D eigenvalue weighted by Gasteiger charge is -2.16. The minimum atomic E-state index is -0.0474. The molecule has 0 aliphatic rings. The zero-order chi connectivity index (χ0) is 15.1. The molecule has 0 aliphatic heterocycles. The third-order valence-corrected chi connectivity index (χ3v) is 3.31. The van der Waals surface area contributed by atoms with Gasteiger partial charge in [-0.25, -0.2) is 0 Å². The van der Waals surface area contributed by atoms with E-state index >= 15 is 0 Å². The molecule has 3 nitrogen and oxygen atoms in total. The van der Waals surface area contributed by atoms with Crippen LogP contribution in [0.4, 0.5) is 5.69 Å². The maximum atomic E-state index is 12.1. The number of hydrogen-bond acceptors (Lipinski definition) is 2. The second kappa shape index (κ2) is 7.72. The predicted octanol–water partition coefficient (Wildman–Crippen LogP) is 2.96. The number of aryl methyl sites for hydroxylation is 1. The highest BCUT2D eigenvalue weighted by molar-refractivity contribution is 5.93. The van der Waals surface area contributed by atoms with Crippen LogP contribution in [0.15, 0.2) is 18.2 Å². The molecule has 108 valence electrons. The largest absolute Gasteiger partial charge is 0.395 e. The maximum Gasteiger partial charge on any atom is 0.227 e. The first kappa shape index (κ1) is 16.3. The van der Waals surface area contributed by atoms with E-state index in [2.05, 4.69) is 17.2 Å². The Balaban J connectivity index is 2.96. The molecule has 0 fully saturated rings. The van der Waals surface area contributed by atoms with Crippen LogP contribution in [0.5, 0.6) is 0 Å². The first-order valence-electron chi connectivity index (χ1n) is 6.97. The maximum absolute atomic E-state index is 12.1. The van der Waals surface area contributed by atoms with Crippen LogP contribution in [0.25, 0.3) is 0 Å². The lowest BCUT2D eigenvalue weighted by atomic mass is 9.97. The summed E-state index contributed by atoms with van der Waals surface area (Å²) in [5, 5.41) is 11.7. The minimum Gasteiger partial charge on any atom is -0.395 e. The van der Waals surface area contributed by atoms with Crippen LogP contribution in [0.2, 0.25) is 0 Å². The predicted molar refractivity (Wildman–Crippen MR) is 82.4 cm³/mol. The van der Waals surface area contributed by atoms with E-state index in [4.69, 9.17) is 5.11 Å². The number of aliphatic hydroxyl groups excluding tert-OH is 1. The van der Waals surface area contributed by atoms with E-state index in [1.54, 1.807) is 0 Å². The molecule has 1 unspecified atom stereocenters. The van der Waals surface area contributed by atoms with E-state index in [1.807, 2.05) is 45.9 Å². The number of aliphatic hydroxyl groups is 1. The average Bonchev–Trinajstić information content (AvgIpc) is 2.40. The van der Waals surface area contributed by atoms with Gasteiger partial charge in [0.25, 0.3) is 0 Å². The average molecular weight is 273 g/mol. The highest BCUT2D eigenvalue weighted by atomic mass is 16.2. The van der Waals surface area contributed by atoms with Crippen molar-refractivity contribution in [2.45, 2.75) is 34.1 Å². The molecule has 0 spiro atoms. The first-order chi connectivity index (χ1) is 9.45. The van der Waals surface area contributed by atoms with Gasteiger partial charge in [-0.05, 0) is 30.5 Å². The van der Waals surface area contributed by atoms with E-state index in [-0.39, 0.29) is 18.4 Å². The van der Waals surface area contributed by atoms with Gasteiger partial charge in [0.05, 0.1) is 12.3 Å². The molecule has 3 heteroatoms. The molecule has 1 aromatic rings. The van der Waals surface area contributed by atoms with Gasteiger partial charge in [-0.3, -0.25) is 4.79 Å². The van der Waals surface area contributed by atoms with Crippen molar-refractivity contribution < 1.29 is 9.90 Å². The number of rotatable bonds is 4. The quantitative estimate of drug-likeness (QED) is 0.829. The lowest BCUT2D eigenvalue weighted by Crippen LogP contribution is -2.24. The first-order valence-corrected chi connectivity index (χ1v) is 6.97. The number of benzene rings is 1. The molecular formula is C17H23NO2. The number of anilines is 1. The Morgan fingerprint density at radius 3 is 2.65 bits per heavy atom. The SMILES string of the molecule is Cc1ccc(C#CCCO)c(NC(=O)C(C)C(C)C)c1. The zero-order valence-corrected chi connectivity index (χ0v) is 12.7. The highest BCUT2D eigenvalue weighted by Gasteiger charge is 2.17. The molecule has 2 N–H and O–H groups in total. The molecule has 20 heavy (non-hydrogen) atoms. The van der Waals surface area contributed by atoms with Gasteiger partial charge in [0, 0.05) is 17.9 Å². The summed E-state index contributed by atoms with van der Waals surface area (Å²) < 4.78 is 0. The van der Waals surface area contributed by atoms with E-state index in [0.717, 1.165) is 16.8 Å². The Labute approximate surface area is 121 Å². The number of nitrogens with one attached hydrogen (secondary N) is 1. The summed E-state index contributed by atoms with van der Waals surface area (Å²) in [7, 11) is 0. The molecule has 1 amide bonds. The van der Waals surface area contributed by atoms with Gasteiger partial charge < -0.3 is 10.4 Å². The fraction of sp³-hybridized carbons (Fsp3) is 0.471. The van der Waals surface area contributed by atoms with E-state index in [0.29, 0.717) is 12.3 Å². The number of carbonyl (C=O) groups is 1. The summed E-state index contributed by atoms with van der Waals surface area (Å²) in [6, 6.07) is 5.79. The normalized spacial score (nSPS) is 11.7. The Morgan fingerprint density at radius 1 is 1.35 bits per heavy atom. The van der Waals surface area contributed by atoms with Crippen molar-refractivity contribution >= 4 is 11.6 Å². The van der Waals surface area contributed by atoms with Crippen molar-refractivity contribution in [2.75, 3.05) is 11.9 Å². The molecule has 1 aromatic carbocycles. The van der Waals surface area contributed by atoms with Crippen LogP contribution in [0.1, 0.15) is 38.3 Å². The van der Waals surface area contributed by atoms with Gasteiger partial charge in [0.2, 0.25) is 5.91 Å². The summed E-state index contributed by atoms with van der Waals surface area (Å²) in [6.07, 6.45) is 0.434. The Morgan fingerprint density at radius 2 is 2.05 bits per heavy atom. The molecule has 0 aliphatic carbocycles. The standard InChI is InChI=1S/C17H23NO2/c1-12(2)14(4)17(20)18-16-11-13(3)8-9-15(16)7-5-6-10-19/h8-9,11-12,14,19H,6,10H2,1-4H3,(H,18,20). The van der Waals surface area contributed by atoms with E-state index < -0.39 is 0 Å². The zero-order valence-electron chi connectivity index (χ0n) is 12.7. The van der Waals surface area contributed by atoms with Crippen LogP contribution >= 0.6 is 0 Å². The molecule has 0 saturated carbocycles. The van der Waals surface area contributed by atoms with Gasteiger partial charge in [0.1, 0.15) is 0 Å². The Kier molecular flexibility index (Phi) is 6.27. The van der Waals surface area contributed by atoms with Crippen molar-refractivity contribution in [3.63, 3.8) is 0 Å².